The molecule has 2 aliphatic heterocycles. The molecule has 5 aromatic rings. The van der Waals surface area contributed by atoms with E-state index in [1.54, 1.807) is 24.3 Å². The van der Waals surface area contributed by atoms with Crippen molar-refractivity contribution in [2.75, 3.05) is 13.2 Å². The molecule has 3 aliphatic rings. The molecule has 5 aromatic carbocycles. The highest BCUT2D eigenvalue weighted by Gasteiger charge is 2.41. The summed E-state index contributed by atoms with van der Waals surface area (Å²) in [6.45, 7) is 1.66. The highest BCUT2D eigenvalue weighted by atomic mass is 35.5. The van der Waals surface area contributed by atoms with Gasteiger partial charge in [0.15, 0.2) is 0 Å². The van der Waals surface area contributed by atoms with Crippen molar-refractivity contribution in [1.82, 2.24) is 9.80 Å². The number of carbonyl (C=O) groups is 4. The number of amides is 3. The molecular weight excluding hydrogens is 922 g/mol. The Labute approximate surface area is 405 Å². The molecule has 0 radical (unpaired) electrons. The normalized spacial score (nSPS) is 19.7. The van der Waals surface area contributed by atoms with E-state index in [1.165, 1.54) is 0 Å². The van der Waals surface area contributed by atoms with Gasteiger partial charge in [-0.1, -0.05) is 137 Å². The Balaban J connectivity index is 0.000000199. The van der Waals surface area contributed by atoms with Gasteiger partial charge in [-0.2, -0.15) is 0 Å². The van der Waals surface area contributed by atoms with Crippen molar-refractivity contribution in [3.05, 3.63) is 163 Å². The van der Waals surface area contributed by atoms with Gasteiger partial charge in [-0.15, -0.1) is 0 Å². The molecule has 66 heavy (non-hydrogen) atoms. The maximum absolute atomic E-state index is 13.5. The number of imide groups is 1. The summed E-state index contributed by atoms with van der Waals surface area (Å²) in [7, 11) is 0. The maximum Gasteiger partial charge on any atom is 0.416 e. The smallest absolute Gasteiger partial charge is 0.416 e. The molecule has 10 nitrogen and oxygen atoms in total. The minimum Gasteiger partial charge on any atom is -0.489 e. The standard InChI is InChI=1S/C28H25Cl2NO5.C24H27Cl2NO3/c29-25-15-23(35-17-20-9-5-2-6-10-20)16-26(30)24(25)14-21(11-12-32)27(33)31-22(18-36-28(31)34)13-19-7-3-1-4-8-19;25-22-13-20(30-15-16-4-2-1-3-5-16)14-23(26)21(22)12-17-10-11-27(24(17)29)18-6-8-19(28)9-7-18/h1-10,12,15-16,21-22H,11,13-14,17-18H2;1-5,13-14,17-19,28H,6-12,15H2/t21-,22+;17-,18?,19?/m00/s1. The number of aliphatic hydroxyl groups is 1. The molecule has 0 spiro atoms. The van der Waals surface area contributed by atoms with E-state index in [2.05, 4.69) is 0 Å². The van der Waals surface area contributed by atoms with Gasteiger partial charge in [-0.3, -0.25) is 9.59 Å². The molecule has 2 saturated heterocycles. The highest BCUT2D eigenvalue weighted by molar-refractivity contribution is 6.37. The monoisotopic (exact) mass is 972 g/mol. The second-order valence-electron chi connectivity index (χ2n) is 16.9. The van der Waals surface area contributed by atoms with E-state index >= 15 is 0 Å². The summed E-state index contributed by atoms with van der Waals surface area (Å²) >= 11 is 26.1. The molecule has 3 fully saturated rings. The number of benzene rings is 5. The molecule has 14 heteroatoms. The van der Waals surface area contributed by atoms with Crippen LogP contribution in [-0.4, -0.2) is 70.4 Å². The number of cyclic esters (lactones) is 1. The van der Waals surface area contributed by atoms with E-state index in [0.29, 0.717) is 69.5 Å². The van der Waals surface area contributed by atoms with Crippen LogP contribution in [0.5, 0.6) is 11.5 Å². The molecule has 0 bridgehead atoms. The Morgan fingerprint density at radius 2 is 1.20 bits per heavy atom. The van der Waals surface area contributed by atoms with Crippen molar-refractivity contribution in [2.45, 2.75) is 89.2 Å². The van der Waals surface area contributed by atoms with E-state index in [1.807, 2.05) is 95.9 Å². The van der Waals surface area contributed by atoms with Crippen LogP contribution < -0.4 is 9.47 Å². The number of rotatable bonds is 16. The number of likely N-dealkylation sites (tertiary alicyclic amines) is 1. The highest BCUT2D eigenvalue weighted by Crippen LogP contribution is 2.37. The first-order valence-electron chi connectivity index (χ1n) is 22.2. The largest absolute Gasteiger partial charge is 0.489 e. The Morgan fingerprint density at radius 1 is 0.697 bits per heavy atom. The number of hydrogen-bond donors (Lipinski definition) is 1. The first-order chi connectivity index (χ1) is 32.0. The van der Waals surface area contributed by atoms with E-state index in [-0.39, 0.29) is 43.4 Å². The third kappa shape index (κ3) is 12.9. The first-order valence-corrected chi connectivity index (χ1v) is 23.7. The second-order valence-corrected chi connectivity index (χ2v) is 18.5. The van der Waals surface area contributed by atoms with Gasteiger partial charge in [-0.25, -0.2) is 9.69 Å². The number of aliphatic hydroxyl groups excluding tert-OH is 1. The zero-order valence-electron chi connectivity index (χ0n) is 36.3. The van der Waals surface area contributed by atoms with E-state index < -0.39 is 24.0 Å². The van der Waals surface area contributed by atoms with Crippen molar-refractivity contribution in [1.29, 1.82) is 0 Å². The van der Waals surface area contributed by atoms with E-state index in [9.17, 15) is 24.3 Å². The van der Waals surface area contributed by atoms with Crippen molar-refractivity contribution in [3.8, 4) is 11.5 Å². The van der Waals surface area contributed by atoms with Crippen LogP contribution in [0.2, 0.25) is 20.1 Å². The summed E-state index contributed by atoms with van der Waals surface area (Å²) in [5.41, 5.74) is 4.36. The fourth-order valence-electron chi connectivity index (χ4n) is 8.73. The van der Waals surface area contributed by atoms with Crippen LogP contribution in [-0.2, 0) is 51.6 Å². The van der Waals surface area contributed by atoms with Crippen LogP contribution in [0.15, 0.2) is 115 Å². The summed E-state index contributed by atoms with van der Waals surface area (Å²) in [6.07, 6.45) is 4.89. The number of ether oxygens (including phenoxy) is 3. The molecule has 1 saturated carbocycles. The van der Waals surface area contributed by atoms with E-state index in [4.69, 9.17) is 60.6 Å². The van der Waals surface area contributed by atoms with Crippen molar-refractivity contribution in [3.63, 3.8) is 0 Å². The quantitative estimate of drug-likeness (QED) is 0.0970. The third-order valence-corrected chi connectivity index (χ3v) is 13.7. The van der Waals surface area contributed by atoms with Crippen LogP contribution in [0.25, 0.3) is 0 Å². The fraction of sp³-hybridized carbons (Fsp3) is 0.346. The number of hydrogen-bond acceptors (Lipinski definition) is 8. The lowest BCUT2D eigenvalue weighted by molar-refractivity contribution is -0.135. The minimum atomic E-state index is -0.822. The van der Waals surface area contributed by atoms with Gasteiger partial charge in [0.2, 0.25) is 11.8 Å². The second kappa shape index (κ2) is 23.6. The molecule has 3 amide bonds. The lowest BCUT2D eigenvalue weighted by Crippen LogP contribution is -2.44. The molecule has 0 unspecified atom stereocenters. The summed E-state index contributed by atoms with van der Waals surface area (Å²) in [4.78, 5) is 53.5. The fourth-order valence-corrected chi connectivity index (χ4v) is 9.97. The van der Waals surface area contributed by atoms with Crippen molar-refractivity contribution in [2.24, 2.45) is 11.8 Å². The molecule has 8 rings (SSSR count). The Bertz CT molecular complexity index is 2390. The topological polar surface area (TPSA) is 123 Å². The van der Waals surface area contributed by atoms with Crippen LogP contribution in [0.1, 0.15) is 66.3 Å². The number of nitrogens with zero attached hydrogens (tertiary/aromatic N) is 2. The molecule has 1 N–H and O–H groups in total. The molecule has 346 valence electrons. The van der Waals surface area contributed by atoms with Gasteiger partial charge >= 0.3 is 6.09 Å². The van der Waals surface area contributed by atoms with Gasteiger partial charge in [0.05, 0.1) is 12.1 Å². The SMILES string of the molecule is O=C1[C@H](Cc2c(Cl)cc(OCc3ccccc3)cc2Cl)CCN1C1CCC(O)CC1.O=CC[C@@H](Cc1c(Cl)cc(OCc2ccccc2)cc1Cl)C(=O)N1C(=O)OC[C@H]1Cc1ccccc1. The summed E-state index contributed by atoms with van der Waals surface area (Å²) in [6, 6.07) is 35.8. The summed E-state index contributed by atoms with van der Waals surface area (Å²) in [5.74, 6) is -0.102. The zero-order chi connectivity index (χ0) is 46.6. The van der Waals surface area contributed by atoms with Crippen LogP contribution in [0.4, 0.5) is 4.79 Å². The minimum absolute atomic E-state index is 0.0837. The third-order valence-electron chi connectivity index (χ3n) is 12.3. The van der Waals surface area contributed by atoms with Crippen molar-refractivity contribution >= 4 is 70.6 Å². The number of halogens is 4. The molecule has 1 aliphatic carbocycles. The molecule has 0 aromatic heterocycles. The predicted octanol–water partition coefficient (Wildman–Crippen LogP) is 11.2. The first kappa shape index (κ1) is 48.8. The summed E-state index contributed by atoms with van der Waals surface area (Å²) in [5, 5.41) is 11.4. The lowest BCUT2D eigenvalue weighted by atomic mass is 9.92. The van der Waals surface area contributed by atoms with E-state index in [0.717, 1.165) is 65.8 Å². The number of carbonyl (C=O) groups excluding carboxylic acids is 4. The predicted molar refractivity (Wildman–Crippen MR) is 256 cm³/mol. The van der Waals surface area contributed by atoms with Crippen LogP contribution >= 0.6 is 46.4 Å². The van der Waals surface area contributed by atoms with Gasteiger partial charge in [0.1, 0.15) is 37.6 Å². The zero-order valence-corrected chi connectivity index (χ0v) is 39.4. The van der Waals surface area contributed by atoms with Crippen LogP contribution in [0.3, 0.4) is 0 Å². The van der Waals surface area contributed by atoms with Crippen LogP contribution in [0, 0.1) is 11.8 Å². The Morgan fingerprint density at radius 3 is 1.71 bits per heavy atom. The molecular formula is C52H52Cl4N2O8. The average Bonchev–Trinajstić information content (AvgIpc) is 3.88. The van der Waals surface area contributed by atoms with Gasteiger partial charge < -0.3 is 29.0 Å². The summed E-state index contributed by atoms with van der Waals surface area (Å²) < 4.78 is 16.8. The maximum atomic E-state index is 13.5. The molecule has 3 atom stereocenters. The average molecular weight is 975 g/mol. The van der Waals surface area contributed by atoms with Crippen molar-refractivity contribution < 1.29 is 38.5 Å². The van der Waals surface area contributed by atoms with Gasteiger partial charge in [0.25, 0.3) is 0 Å². The van der Waals surface area contributed by atoms with Gasteiger partial charge in [0, 0.05) is 50.9 Å². The molecule has 2 heterocycles. The number of aldehydes is 1. The van der Waals surface area contributed by atoms with Gasteiger partial charge in [-0.05, 0) is 103 Å². The Hall–Kier alpha value is -5.10. The Kier molecular flexibility index (Phi) is 17.4. The lowest BCUT2D eigenvalue weighted by Gasteiger charge is -2.33.